The fourth-order valence-electron chi connectivity index (χ4n) is 7.77. The molecule has 0 radical (unpaired) electrons. The largest absolute Gasteiger partial charge is 0.295 e. The molecule has 0 spiro atoms. The minimum absolute atomic E-state index is 0.281. The van der Waals surface area contributed by atoms with E-state index in [0.29, 0.717) is 29.5 Å². The lowest BCUT2D eigenvalue weighted by molar-refractivity contribution is -0.116. The summed E-state index contributed by atoms with van der Waals surface area (Å²) in [4.78, 5) is 11.8. The molecule has 5 aliphatic rings. The van der Waals surface area contributed by atoms with Crippen LogP contribution in [0.25, 0.3) is 0 Å². The summed E-state index contributed by atoms with van der Waals surface area (Å²) in [6.07, 6.45) is 8.85. The molecule has 9 atom stereocenters. The Morgan fingerprint density at radius 2 is 2.09 bits per heavy atom. The van der Waals surface area contributed by atoms with Crippen molar-refractivity contribution in [3.63, 3.8) is 0 Å². The number of rotatable bonds is 0. The van der Waals surface area contributed by atoms with E-state index in [-0.39, 0.29) is 5.41 Å². The predicted molar refractivity (Wildman–Crippen MR) is 88.1 cm³/mol. The molecule has 0 aliphatic heterocycles. The number of allylic oxidation sites excluding steroid dienone is 1. The molecule has 5 aliphatic carbocycles. The van der Waals surface area contributed by atoms with Gasteiger partial charge in [-0.2, -0.15) is 5.26 Å². The molecule has 0 aromatic heterocycles. The van der Waals surface area contributed by atoms with E-state index in [0.717, 1.165) is 42.9 Å². The van der Waals surface area contributed by atoms with Crippen molar-refractivity contribution in [1.82, 2.24) is 0 Å². The monoisotopic (exact) mass is 309 g/mol. The van der Waals surface area contributed by atoms with E-state index in [1.54, 1.807) is 0 Å². The van der Waals surface area contributed by atoms with Gasteiger partial charge in [-0.25, -0.2) is 0 Å². The van der Waals surface area contributed by atoms with E-state index in [4.69, 9.17) is 0 Å². The number of fused-ring (bicyclic) bond motifs is 7. The Bertz CT molecular complexity index is 643. The number of hydrogen-bond donors (Lipinski definition) is 0. The molecule has 2 heteroatoms. The molecule has 0 saturated heterocycles. The fraction of sp³-hybridized carbons (Fsp3) is 0.810. The third-order valence-electron chi connectivity index (χ3n) is 8.57. The summed E-state index contributed by atoms with van der Waals surface area (Å²) in [7, 11) is 0. The molecule has 4 fully saturated rings. The Balaban J connectivity index is 1.53. The number of nitrogens with zero attached hydrogens (tertiary/aromatic N) is 1. The zero-order chi connectivity index (χ0) is 15.9. The average Bonchev–Trinajstić information content (AvgIpc) is 3.22. The Kier molecular flexibility index (Phi) is 2.79. The molecular formula is C21H27NO. The van der Waals surface area contributed by atoms with Crippen LogP contribution < -0.4 is 0 Å². The zero-order valence-electron chi connectivity index (χ0n) is 14.3. The number of nitriles is 1. The molecule has 4 saturated carbocycles. The van der Waals surface area contributed by atoms with Gasteiger partial charge in [0.2, 0.25) is 0 Å². The van der Waals surface area contributed by atoms with Crippen molar-refractivity contribution in [1.29, 1.82) is 5.26 Å². The lowest BCUT2D eigenvalue weighted by atomic mass is 9.48. The first-order chi connectivity index (χ1) is 11.0. The van der Waals surface area contributed by atoms with Crippen LogP contribution in [0.15, 0.2) is 11.6 Å². The first-order valence-electron chi connectivity index (χ1n) is 9.67. The molecule has 0 aromatic carbocycles. The highest BCUT2D eigenvalue weighted by molar-refractivity contribution is 5.91. The number of carbonyl (C=O) groups excluding carboxylic acids is 1. The van der Waals surface area contributed by atoms with Gasteiger partial charge in [0, 0.05) is 6.42 Å². The van der Waals surface area contributed by atoms with Crippen molar-refractivity contribution in [2.75, 3.05) is 0 Å². The minimum Gasteiger partial charge on any atom is -0.295 e. The van der Waals surface area contributed by atoms with Crippen LogP contribution >= 0.6 is 0 Å². The van der Waals surface area contributed by atoms with Gasteiger partial charge in [0.15, 0.2) is 5.78 Å². The smallest absolute Gasteiger partial charge is 0.155 e. The maximum atomic E-state index is 11.8. The molecule has 23 heavy (non-hydrogen) atoms. The lowest BCUT2D eigenvalue weighted by Crippen LogP contribution is -2.50. The summed E-state index contributed by atoms with van der Waals surface area (Å²) >= 11 is 0. The molecule has 0 bridgehead atoms. The standard InChI is InChI=1S/C21H27NO/c1-11-7-12-8-13(23)3-4-14(12)15-5-6-21(2)18(10-22)16-9-17(16)20(21)19(11)15/h8,11,14-20H,3-7,9H2,1-2H3/t11-,14-,15+,16-,17+,18-,19+,20-,21+/m0/s1. The highest BCUT2D eigenvalue weighted by Gasteiger charge is 2.70. The van der Waals surface area contributed by atoms with Crippen LogP contribution in [0, 0.1) is 64.1 Å². The number of hydrogen-bond acceptors (Lipinski definition) is 2. The van der Waals surface area contributed by atoms with Gasteiger partial charge in [-0.05, 0) is 85.0 Å². The normalized spacial score (nSPS) is 56.6. The van der Waals surface area contributed by atoms with Gasteiger partial charge in [0.05, 0.1) is 12.0 Å². The maximum absolute atomic E-state index is 11.8. The molecular weight excluding hydrogens is 282 g/mol. The van der Waals surface area contributed by atoms with Gasteiger partial charge in [0.25, 0.3) is 0 Å². The van der Waals surface area contributed by atoms with Gasteiger partial charge in [-0.15, -0.1) is 0 Å². The molecule has 0 unspecified atom stereocenters. The summed E-state index contributed by atoms with van der Waals surface area (Å²) in [5, 5.41) is 9.75. The summed E-state index contributed by atoms with van der Waals surface area (Å²) in [6, 6.07) is 2.71. The first-order valence-corrected chi connectivity index (χ1v) is 9.67. The van der Waals surface area contributed by atoms with Crippen LogP contribution in [0.5, 0.6) is 0 Å². The second-order valence-electron chi connectivity index (χ2n) is 9.49. The first kappa shape index (κ1) is 14.3. The molecule has 5 rings (SSSR count). The topological polar surface area (TPSA) is 40.9 Å². The van der Waals surface area contributed by atoms with E-state index in [1.807, 2.05) is 6.08 Å². The average molecular weight is 309 g/mol. The summed E-state index contributed by atoms with van der Waals surface area (Å²) in [6.45, 7) is 4.87. The molecule has 0 amide bonds. The van der Waals surface area contributed by atoms with Crippen LogP contribution in [0.1, 0.15) is 52.4 Å². The summed E-state index contributed by atoms with van der Waals surface area (Å²) < 4.78 is 0. The van der Waals surface area contributed by atoms with Crippen molar-refractivity contribution < 1.29 is 4.79 Å². The van der Waals surface area contributed by atoms with Crippen molar-refractivity contribution >= 4 is 5.78 Å². The van der Waals surface area contributed by atoms with Crippen molar-refractivity contribution in [3.05, 3.63) is 11.6 Å². The van der Waals surface area contributed by atoms with Gasteiger partial charge in [-0.1, -0.05) is 19.4 Å². The van der Waals surface area contributed by atoms with Crippen molar-refractivity contribution in [3.8, 4) is 6.07 Å². The minimum atomic E-state index is 0.281. The third kappa shape index (κ3) is 1.72. The highest BCUT2D eigenvalue weighted by atomic mass is 16.1. The van der Waals surface area contributed by atoms with Crippen molar-refractivity contribution in [2.45, 2.75) is 52.4 Å². The summed E-state index contributed by atoms with van der Waals surface area (Å²) in [5.74, 6) is 5.97. The van der Waals surface area contributed by atoms with E-state index in [2.05, 4.69) is 19.9 Å². The zero-order valence-corrected chi connectivity index (χ0v) is 14.3. The Hall–Kier alpha value is -1.10. The lowest BCUT2D eigenvalue weighted by Gasteiger charge is -2.56. The predicted octanol–water partition coefficient (Wildman–Crippen LogP) is 4.37. The second kappa shape index (κ2) is 4.50. The number of ketones is 1. The van der Waals surface area contributed by atoms with Crippen LogP contribution in [-0.4, -0.2) is 5.78 Å². The quantitative estimate of drug-likeness (QED) is 0.666. The van der Waals surface area contributed by atoms with E-state index < -0.39 is 0 Å². The number of carbonyl (C=O) groups is 1. The highest BCUT2D eigenvalue weighted by Crippen LogP contribution is 2.74. The van der Waals surface area contributed by atoms with Crippen molar-refractivity contribution in [2.24, 2.45) is 52.8 Å². The van der Waals surface area contributed by atoms with Crippen LogP contribution in [0.2, 0.25) is 0 Å². The third-order valence-corrected chi connectivity index (χ3v) is 8.57. The maximum Gasteiger partial charge on any atom is 0.155 e. The molecule has 122 valence electrons. The van der Waals surface area contributed by atoms with Gasteiger partial charge < -0.3 is 0 Å². The second-order valence-corrected chi connectivity index (χ2v) is 9.49. The Morgan fingerprint density at radius 1 is 1.26 bits per heavy atom. The van der Waals surface area contributed by atoms with Crippen LogP contribution in [0.4, 0.5) is 0 Å². The molecule has 0 heterocycles. The molecule has 2 nitrogen and oxygen atoms in total. The van der Waals surface area contributed by atoms with Crippen LogP contribution in [0.3, 0.4) is 0 Å². The van der Waals surface area contributed by atoms with E-state index in [9.17, 15) is 10.1 Å². The van der Waals surface area contributed by atoms with Gasteiger partial charge in [0.1, 0.15) is 0 Å². The fourth-order valence-corrected chi connectivity index (χ4v) is 7.77. The van der Waals surface area contributed by atoms with E-state index in [1.165, 1.54) is 24.8 Å². The Morgan fingerprint density at radius 3 is 2.87 bits per heavy atom. The summed E-state index contributed by atoms with van der Waals surface area (Å²) in [5.41, 5.74) is 1.75. The van der Waals surface area contributed by atoms with Gasteiger partial charge >= 0.3 is 0 Å². The van der Waals surface area contributed by atoms with E-state index >= 15 is 0 Å². The van der Waals surface area contributed by atoms with Crippen LogP contribution in [-0.2, 0) is 4.79 Å². The Labute approximate surface area is 139 Å². The molecule has 0 N–H and O–H groups in total. The molecule has 0 aromatic rings. The van der Waals surface area contributed by atoms with Gasteiger partial charge in [-0.3, -0.25) is 4.79 Å². The SMILES string of the molecule is C[C@H]1CC2=CC(=O)CC[C@@H]2[C@H]2CC[C@@]3(C)[C@@H]([C@@H]4C[C@@H]4[C@@H]3C#N)[C@@H]21.